The lowest BCUT2D eigenvalue weighted by Crippen LogP contribution is -2.36. The highest BCUT2D eigenvalue weighted by Gasteiger charge is 2.08. The number of aliphatic imine (C=N–C) groups is 1. The Hall–Kier alpha value is -1.52. The second kappa shape index (κ2) is 6.27. The van der Waals surface area contributed by atoms with Gasteiger partial charge in [0.15, 0.2) is 11.7 Å². The molecule has 0 amide bonds. The van der Waals surface area contributed by atoms with Gasteiger partial charge < -0.3 is 15.2 Å². The highest BCUT2D eigenvalue weighted by Crippen LogP contribution is 2.14. The van der Waals surface area contributed by atoms with E-state index < -0.39 is 0 Å². The lowest BCUT2D eigenvalue weighted by atomic mass is 10.1. The zero-order chi connectivity index (χ0) is 12.8. The van der Waals surface area contributed by atoms with Crippen molar-refractivity contribution in [1.29, 1.82) is 0 Å². The van der Waals surface area contributed by atoms with E-state index in [1.165, 1.54) is 0 Å². The van der Waals surface area contributed by atoms with E-state index in [0.717, 1.165) is 24.5 Å². The molecule has 5 nitrogen and oxygen atoms in total. The van der Waals surface area contributed by atoms with Crippen LogP contribution < -0.4 is 5.73 Å². The molecule has 17 heavy (non-hydrogen) atoms. The molecule has 0 spiro atoms. The molecule has 0 unspecified atom stereocenters. The van der Waals surface area contributed by atoms with Crippen LogP contribution in [0.3, 0.4) is 0 Å². The van der Waals surface area contributed by atoms with Gasteiger partial charge in [0, 0.05) is 19.2 Å². The van der Waals surface area contributed by atoms with Crippen molar-refractivity contribution in [2.45, 2.75) is 40.2 Å². The summed E-state index contributed by atoms with van der Waals surface area (Å²) in [5.41, 5.74) is 6.82. The number of rotatable bonds is 5. The van der Waals surface area contributed by atoms with Gasteiger partial charge in [-0.2, -0.15) is 0 Å². The Labute approximate surface area is 103 Å². The highest BCUT2D eigenvalue weighted by molar-refractivity contribution is 5.77. The molecule has 96 valence electrons. The minimum atomic E-state index is 0.372. The van der Waals surface area contributed by atoms with Crippen LogP contribution in [-0.4, -0.2) is 29.1 Å². The predicted octanol–water partition coefficient (Wildman–Crippen LogP) is 1.95. The minimum Gasteiger partial charge on any atom is -0.370 e. The third kappa shape index (κ3) is 3.76. The summed E-state index contributed by atoms with van der Waals surface area (Å²) in [6.45, 7) is 10.4. The fourth-order valence-electron chi connectivity index (χ4n) is 1.48. The van der Waals surface area contributed by atoms with Crippen molar-refractivity contribution in [3.05, 3.63) is 17.5 Å². The first-order valence-electron chi connectivity index (χ1n) is 6.08. The van der Waals surface area contributed by atoms with Crippen molar-refractivity contribution in [3.8, 4) is 0 Å². The van der Waals surface area contributed by atoms with Crippen molar-refractivity contribution in [2.75, 3.05) is 13.1 Å². The third-order valence-electron chi connectivity index (χ3n) is 2.65. The van der Waals surface area contributed by atoms with Gasteiger partial charge in [-0.15, -0.1) is 0 Å². The van der Waals surface area contributed by atoms with E-state index in [4.69, 9.17) is 10.3 Å². The summed E-state index contributed by atoms with van der Waals surface area (Å²) in [7, 11) is 0. The summed E-state index contributed by atoms with van der Waals surface area (Å²) in [6, 6.07) is 1.93. The maximum Gasteiger partial charge on any atom is 0.191 e. The van der Waals surface area contributed by atoms with Gasteiger partial charge in [0.1, 0.15) is 6.54 Å². The molecule has 0 saturated carbocycles. The molecule has 1 rings (SSSR count). The maximum absolute atomic E-state index is 5.87. The van der Waals surface area contributed by atoms with E-state index >= 15 is 0 Å². The number of nitrogens with two attached hydrogens (primary N) is 1. The summed E-state index contributed by atoms with van der Waals surface area (Å²) < 4.78 is 5.19. The van der Waals surface area contributed by atoms with Gasteiger partial charge in [-0.25, -0.2) is 4.99 Å². The van der Waals surface area contributed by atoms with Crippen LogP contribution in [0.5, 0.6) is 0 Å². The van der Waals surface area contributed by atoms with Crippen LogP contribution in [0.4, 0.5) is 0 Å². The van der Waals surface area contributed by atoms with Gasteiger partial charge in [0.2, 0.25) is 0 Å². The molecule has 0 radical (unpaired) electrons. The maximum atomic E-state index is 5.87. The molecule has 0 fully saturated rings. The van der Waals surface area contributed by atoms with Crippen molar-refractivity contribution in [1.82, 2.24) is 10.1 Å². The van der Waals surface area contributed by atoms with Crippen molar-refractivity contribution in [2.24, 2.45) is 10.7 Å². The van der Waals surface area contributed by atoms with Gasteiger partial charge in [0.25, 0.3) is 0 Å². The molecule has 1 aromatic heterocycles. The molecule has 0 aliphatic carbocycles. The molecule has 0 saturated heterocycles. The summed E-state index contributed by atoms with van der Waals surface area (Å²) >= 11 is 0. The minimum absolute atomic E-state index is 0.372. The Bertz CT molecular complexity index is 366. The van der Waals surface area contributed by atoms with E-state index in [0.29, 0.717) is 18.4 Å². The van der Waals surface area contributed by atoms with Crippen molar-refractivity contribution in [3.63, 3.8) is 0 Å². The van der Waals surface area contributed by atoms with E-state index in [-0.39, 0.29) is 0 Å². The Morgan fingerprint density at radius 1 is 1.47 bits per heavy atom. The van der Waals surface area contributed by atoms with Crippen LogP contribution in [0.25, 0.3) is 0 Å². The zero-order valence-electron chi connectivity index (χ0n) is 11.1. The summed E-state index contributed by atoms with van der Waals surface area (Å²) in [6.07, 6.45) is 0. The molecule has 0 atom stereocenters. The molecular weight excluding hydrogens is 216 g/mol. The molecule has 1 heterocycles. The molecule has 1 aromatic rings. The SMILES string of the molecule is CCN(CC)C(N)=NCc1cc(C(C)C)no1. The summed E-state index contributed by atoms with van der Waals surface area (Å²) in [4.78, 5) is 6.30. The Balaban J connectivity index is 2.62. The first-order chi connectivity index (χ1) is 8.08. The molecule has 5 heteroatoms. The number of guanidine groups is 1. The van der Waals surface area contributed by atoms with Gasteiger partial charge in [-0.3, -0.25) is 0 Å². The molecule has 0 aliphatic heterocycles. The van der Waals surface area contributed by atoms with Crippen molar-refractivity contribution < 1.29 is 4.52 Å². The second-order valence-electron chi connectivity index (χ2n) is 4.22. The van der Waals surface area contributed by atoms with Gasteiger partial charge >= 0.3 is 0 Å². The summed E-state index contributed by atoms with van der Waals surface area (Å²) in [5, 5.41) is 3.98. The van der Waals surface area contributed by atoms with E-state index in [2.05, 4.69) is 37.8 Å². The number of hydrogen-bond acceptors (Lipinski definition) is 3. The zero-order valence-corrected chi connectivity index (χ0v) is 11.1. The molecule has 0 aliphatic rings. The topological polar surface area (TPSA) is 67.7 Å². The predicted molar refractivity (Wildman–Crippen MR) is 68.8 cm³/mol. The highest BCUT2D eigenvalue weighted by atomic mass is 16.5. The first-order valence-corrected chi connectivity index (χ1v) is 6.08. The molecular formula is C12H22N4O. The molecule has 0 aromatic carbocycles. The lowest BCUT2D eigenvalue weighted by Gasteiger charge is -2.18. The Kier molecular flexibility index (Phi) is 5.00. The Morgan fingerprint density at radius 2 is 2.12 bits per heavy atom. The monoisotopic (exact) mass is 238 g/mol. The van der Waals surface area contributed by atoms with Crippen LogP contribution in [0.2, 0.25) is 0 Å². The number of aromatic nitrogens is 1. The third-order valence-corrected chi connectivity index (χ3v) is 2.65. The van der Waals surface area contributed by atoms with Gasteiger partial charge in [-0.1, -0.05) is 19.0 Å². The fraction of sp³-hybridized carbons (Fsp3) is 0.667. The van der Waals surface area contributed by atoms with Crippen LogP contribution >= 0.6 is 0 Å². The van der Waals surface area contributed by atoms with Crippen LogP contribution in [0, 0.1) is 0 Å². The van der Waals surface area contributed by atoms with E-state index in [1.54, 1.807) is 0 Å². The largest absolute Gasteiger partial charge is 0.370 e. The van der Waals surface area contributed by atoms with Crippen LogP contribution in [0.1, 0.15) is 45.1 Å². The van der Waals surface area contributed by atoms with Crippen LogP contribution in [0.15, 0.2) is 15.6 Å². The van der Waals surface area contributed by atoms with Crippen LogP contribution in [-0.2, 0) is 6.54 Å². The van der Waals surface area contributed by atoms with E-state index in [9.17, 15) is 0 Å². The number of nitrogens with zero attached hydrogens (tertiary/aromatic N) is 3. The average molecular weight is 238 g/mol. The summed E-state index contributed by atoms with van der Waals surface area (Å²) in [5.74, 6) is 1.68. The normalized spacial score (nSPS) is 12.2. The Morgan fingerprint density at radius 3 is 2.59 bits per heavy atom. The average Bonchev–Trinajstić information content (AvgIpc) is 2.76. The number of hydrogen-bond donors (Lipinski definition) is 1. The quantitative estimate of drug-likeness (QED) is 0.629. The first kappa shape index (κ1) is 13.5. The second-order valence-corrected chi connectivity index (χ2v) is 4.22. The van der Waals surface area contributed by atoms with Gasteiger partial charge in [-0.05, 0) is 19.8 Å². The smallest absolute Gasteiger partial charge is 0.191 e. The van der Waals surface area contributed by atoms with Crippen molar-refractivity contribution >= 4 is 5.96 Å². The van der Waals surface area contributed by atoms with E-state index in [1.807, 2.05) is 11.0 Å². The fourth-order valence-corrected chi connectivity index (χ4v) is 1.48. The molecule has 0 bridgehead atoms. The lowest BCUT2D eigenvalue weighted by molar-refractivity contribution is 0.375. The van der Waals surface area contributed by atoms with Gasteiger partial charge in [0.05, 0.1) is 5.69 Å². The standard InChI is InChI=1S/C12H22N4O/c1-5-16(6-2)12(13)14-8-10-7-11(9(3)4)15-17-10/h7,9H,5-6,8H2,1-4H3,(H2,13,14). The molecule has 2 N–H and O–H groups in total.